The van der Waals surface area contributed by atoms with E-state index < -0.39 is 0 Å². The molecule has 0 aliphatic carbocycles. The first kappa shape index (κ1) is 20.4. The van der Waals surface area contributed by atoms with Gasteiger partial charge in [-0.1, -0.05) is 5.10 Å². The molecule has 8 nitrogen and oxygen atoms in total. The minimum atomic E-state index is -0.315. The molecule has 3 aromatic carbocycles. The summed E-state index contributed by atoms with van der Waals surface area (Å²) in [6, 6.07) is 11.2. The number of H-pyrrole nitrogens is 2. The fourth-order valence-corrected chi connectivity index (χ4v) is 4.50. The van der Waals surface area contributed by atoms with Crippen molar-refractivity contribution < 1.29 is 13.5 Å². The van der Waals surface area contributed by atoms with Gasteiger partial charge in [-0.25, -0.2) is 8.78 Å². The molecule has 0 aliphatic rings. The van der Waals surface area contributed by atoms with Crippen LogP contribution in [0.2, 0.25) is 0 Å². The van der Waals surface area contributed by atoms with E-state index in [1.807, 2.05) is 6.07 Å². The molecule has 0 radical (unpaired) electrons. The van der Waals surface area contributed by atoms with Crippen LogP contribution >= 0.6 is 0 Å². The predicted molar refractivity (Wildman–Crippen MR) is 127 cm³/mol. The minimum Gasteiger partial charge on any atom is -0.489 e. The molecule has 34 heavy (non-hydrogen) atoms. The van der Waals surface area contributed by atoms with Crippen LogP contribution in [0.5, 0.6) is 5.75 Å². The van der Waals surface area contributed by atoms with Crippen LogP contribution < -0.4 is 10.5 Å². The third-order valence-corrected chi connectivity index (χ3v) is 6.06. The third-order valence-electron chi connectivity index (χ3n) is 6.06. The van der Waals surface area contributed by atoms with Gasteiger partial charge in [-0.2, -0.15) is 4.80 Å². The first-order valence-electron chi connectivity index (χ1n) is 11.1. The summed E-state index contributed by atoms with van der Waals surface area (Å²) in [5, 5.41) is 14.7. The van der Waals surface area contributed by atoms with Crippen molar-refractivity contribution in [1.29, 1.82) is 0 Å². The van der Waals surface area contributed by atoms with E-state index >= 15 is 0 Å². The normalized spacial score (nSPS) is 11.9. The number of aromatic nitrogens is 6. The first-order chi connectivity index (χ1) is 16.6. The number of anilines is 1. The fourth-order valence-electron chi connectivity index (χ4n) is 4.50. The second-order valence-corrected chi connectivity index (χ2v) is 8.33. The number of unbranched alkanes of at least 4 members (excludes halogenated alkanes) is 2. The Kier molecular flexibility index (Phi) is 4.79. The highest BCUT2D eigenvalue weighted by molar-refractivity contribution is 6.20. The van der Waals surface area contributed by atoms with Crippen molar-refractivity contribution in [2.45, 2.75) is 25.8 Å². The first-order valence-corrected chi connectivity index (χ1v) is 11.1. The highest BCUT2D eigenvalue weighted by Gasteiger charge is 2.18. The molecule has 0 spiro atoms. The molecule has 6 rings (SSSR count). The van der Waals surface area contributed by atoms with Crippen LogP contribution in [0.3, 0.4) is 0 Å². The summed E-state index contributed by atoms with van der Waals surface area (Å²) in [7, 11) is 0. The Bertz CT molecular complexity index is 1570. The SMILES string of the molecule is Nc1nnn(CCCCCOc2c3[nH]c4ccc(F)cc4c3cc3c2[nH]c2ccc(F)cc23)n1. The molecule has 0 unspecified atom stereocenters. The van der Waals surface area contributed by atoms with E-state index in [0.717, 1.165) is 62.9 Å². The average Bonchev–Trinajstić information content (AvgIpc) is 3.50. The van der Waals surface area contributed by atoms with Crippen LogP contribution in [0.4, 0.5) is 14.7 Å². The number of aromatic amines is 2. The summed E-state index contributed by atoms with van der Waals surface area (Å²) in [5.41, 5.74) is 8.66. The van der Waals surface area contributed by atoms with Crippen LogP contribution in [-0.4, -0.2) is 36.8 Å². The third kappa shape index (κ3) is 3.47. The number of nitrogen functional groups attached to an aromatic ring is 1. The second kappa shape index (κ2) is 7.98. The zero-order valence-electron chi connectivity index (χ0n) is 18.1. The van der Waals surface area contributed by atoms with Gasteiger partial charge in [0.2, 0.25) is 0 Å². The molecule has 3 heterocycles. The maximum atomic E-state index is 14.0. The maximum absolute atomic E-state index is 14.0. The smallest absolute Gasteiger partial charge is 0.260 e. The Hall–Kier alpha value is -4.21. The van der Waals surface area contributed by atoms with Crippen molar-refractivity contribution in [1.82, 2.24) is 30.2 Å². The van der Waals surface area contributed by atoms with Crippen LogP contribution in [0.25, 0.3) is 43.6 Å². The van der Waals surface area contributed by atoms with Gasteiger partial charge in [0.05, 0.1) is 24.2 Å². The molecule has 3 aromatic heterocycles. The molecule has 6 aromatic rings. The number of tetrazole rings is 1. The van der Waals surface area contributed by atoms with Crippen LogP contribution in [0.15, 0.2) is 42.5 Å². The van der Waals surface area contributed by atoms with Gasteiger partial charge in [0.1, 0.15) is 11.6 Å². The summed E-state index contributed by atoms with van der Waals surface area (Å²) in [5.74, 6) is 0.178. The summed E-state index contributed by atoms with van der Waals surface area (Å²) in [6.07, 6.45) is 2.57. The molecular formula is C24H21F2N7O. The van der Waals surface area contributed by atoms with Crippen molar-refractivity contribution in [3.8, 4) is 5.75 Å². The minimum absolute atomic E-state index is 0.164. The summed E-state index contributed by atoms with van der Waals surface area (Å²) >= 11 is 0. The summed E-state index contributed by atoms with van der Waals surface area (Å²) in [4.78, 5) is 8.23. The summed E-state index contributed by atoms with van der Waals surface area (Å²) < 4.78 is 34.3. The van der Waals surface area contributed by atoms with Gasteiger partial charge in [-0.3, -0.25) is 0 Å². The topological polar surface area (TPSA) is 110 Å². The quantitative estimate of drug-likeness (QED) is 0.288. The average molecular weight is 461 g/mol. The fraction of sp³-hybridized carbons (Fsp3) is 0.208. The molecule has 10 heteroatoms. The Morgan fingerprint density at radius 1 is 0.824 bits per heavy atom. The number of nitrogens with zero attached hydrogens (tertiary/aromatic N) is 4. The number of hydrogen-bond donors (Lipinski definition) is 3. The molecule has 0 fully saturated rings. The number of rotatable bonds is 7. The van der Waals surface area contributed by atoms with E-state index in [0.29, 0.717) is 18.9 Å². The van der Waals surface area contributed by atoms with Crippen molar-refractivity contribution in [3.63, 3.8) is 0 Å². The van der Waals surface area contributed by atoms with Gasteiger partial charge in [-0.05, 0) is 66.9 Å². The molecule has 0 bridgehead atoms. The Morgan fingerprint density at radius 2 is 1.47 bits per heavy atom. The number of nitrogens with two attached hydrogens (primary N) is 1. The lowest BCUT2D eigenvalue weighted by molar-refractivity contribution is 0.308. The number of halogens is 2. The lowest BCUT2D eigenvalue weighted by atomic mass is 10.1. The van der Waals surface area contributed by atoms with Crippen molar-refractivity contribution >= 4 is 49.6 Å². The van der Waals surface area contributed by atoms with Gasteiger partial charge in [0, 0.05) is 32.6 Å². The van der Waals surface area contributed by atoms with Gasteiger partial charge in [0.25, 0.3) is 5.95 Å². The number of aryl methyl sites for hydroxylation is 1. The predicted octanol–water partition coefficient (Wildman–Crippen LogP) is 5.05. The number of nitrogens with one attached hydrogen (secondary N) is 2. The molecule has 0 aliphatic heterocycles. The van der Waals surface area contributed by atoms with Crippen LogP contribution in [-0.2, 0) is 6.54 Å². The standard InChI is InChI=1S/C24H21F2N7O/c25-13-4-6-19-15(10-13)17-12-18-16-11-14(26)5-7-20(16)29-22(18)23(21(17)28-19)34-9-3-1-2-8-33-31-24(27)30-32-33/h4-7,10-12,28-29H,1-3,8-9H2,(H2,27,31). The molecule has 0 saturated carbocycles. The van der Waals surface area contributed by atoms with E-state index in [1.165, 1.54) is 29.1 Å². The Balaban J connectivity index is 1.34. The lowest BCUT2D eigenvalue weighted by Gasteiger charge is -2.09. The number of fused-ring (bicyclic) bond motifs is 6. The van der Waals surface area contributed by atoms with Gasteiger partial charge in [-0.15, -0.1) is 5.10 Å². The highest BCUT2D eigenvalue weighted by atomic mass is 19.1. The lowest BCUT2D eigenvalue weighted by Crippen LogP contribution is -2.04. The van der Waals surface area contributed by atoms with Crippen LogP contribution in [0, 0.1) is 11.6 Å². The van der Waals surface area contributed by atoms with E-state index in [1.54, 1.807) is 12.1 Å². The molecule has 4 N–H and O–H groups in total. The molecule has 0 amide bonds. The number of ether oxygens (including phenoxy) is 1. The zero-order valence-corrected chi connectivity index (χ0v) is 18.1. The van der Waals surface area contributed by atoms with E-state index in [-0.39, 0.29) is 17.6 Å². The van der Waals surface area contributed by atoms with Crippen molar-refractivity contribution in [2.75, 3.05) is 12.3 Å². The van der Waals surface area contributed by atoms with Crippen molar-refractivity contribution in [2.24, 2.45) is 0 Å². The van der Waals surface area contributed by atoms with E-state index in [4.69, 9.17) is 10.5 Å². The Labute approximate surface area is 191 Å². The number of hydrogen-bond acceptors (Lipinski definition) is 5. The second-order valence-electron chi connectivity index (χ2n) is 8.33. The Morgan fingerprint density at radius 3 is 2.06 bits per heavy atom. The van der Waals surface area contributed by atoms with E-state index in [9.17, 15) is 8.78 Å². The zero-order chi connectivity index (χ0) is 23.2. The van der Waals surface area contributed by atoms with Gasteiger partial charge < -0.3 is 20.4 Å². The van der Waals surface area contributed by atoms with Gasteiger partial charge >= 0.3 is 0 Å². The molecule has 0 saturated heterocycles. The van der Waals surface area contributed by atoms with E-state index in [2.05, 4.69) is 25.4 Å². The van der Waals surface area contributed by atoms with Gasteiger partial charge in [0.15, 0.2) is 5.75 Å². The molecular weight excluding hydrogens is 440 g/mol. The number of benzene rings is 3. The molecule has 172 valence electrons. The highest BCUT2D eigenvalue weighted by Crippen LogP contribution is 2.41. The van der Waals surface area contributed by atoms with Crippen molar-refractivity contribution in [3.05, 3.63) is 54.1 Å². The monoisotopic (exact) mass is 461 g/mol. The maximum Gasteiger partial charge on any atom is 0.260 e. The molecule has 0 atom stereocenters. The van der Waals surface area contributed by atoms with Crippen LogP contribution in [0.1, 0.15) is 19.3 Å². The largest absolute Gasteiger partial charge is 0.489 e. The summed E-state index contributed by atoms with van der Waals surface area (Å²) in [6.45, 7) is 1.11.